The Bertz CT molecular complexity index is 516. The first kappa shape index (κ1) is 12.4. The minimum atomic E-state index is -0.311. The largest absolute Gasteiger partial charge is 0.309 e. The highest BCUT2D eigenvalue weighted by Gasteiger charge is 2.15. The molecule has 2 rings (SSSR count). The van der Waals surface area contributed by atoms with Gasteiger partial charge < -0.3 is 5.32 Å². The number of hydrogen-bond acceptors (Lipinski definition) is 2. The molecular formula is C13H12FIN2. The number of nitrogens with zero attached hydrogens (tertiary/aromatic N) is 1. The molecule has 1 heterocycles. The van der Waals surface area contributed by atoms with Crippen molar-refractivity contribution >= 4 is 22.6 Å². The van der Waals surface area contributed by atoms with Crippen LogP contribution in [0.25, 0.3) is 0 Å². The van der Waals surface area contributed by atoms with Crippen molar-refractivity contribution in [2.24, 2.45) is 0 Å². The van der Waals surface area contributed by atoms with Gasteiger partial charge in [0.05, 0.1) is 12.2 Å². The van der Waals surface area contributed by atoms with E-state index in [9.17, 15) is 4.39 Å². The van der Waals surface area contributed by atoms with Gasteiger partial charge in [-0.25, -0.2) is 4.39 Å². The average molecular weight is 342 g/mol. The summed E-state index contributed by atoms with van der Waals surface area (Å²) < 4.78 is 14.3. The van der Waals surface area contributed by atoms with Crippen molar-refractivity contribution in [2.75, 3.05) is 7.05 Å². The first-order valence-corrected chi connectivity index (χ1v) is 6.32. The third-order valence-corrected chi connectivity index (χ3v) is 3.55. The van der Waals surface area contributed by atoms with Crippen molar-refractivity contribution in [2.45, 2.75) is 6.04 Å². The number of pyridine rings is 1. The molecular weight excluding hydrogens is 330 g/mol. The summed E-state index contributed by atoms with van der Waals surface area (Å²) in [5.74, 6) is -0.311. The second-order valence-corrected chi connectivity index (χ2v) is 4.84. The van der Waals surface area contributed by atoms with Gasteiger partial charge in [0.2, 0.25) is 0 Å². The van der Waals surface area contributed by atoms with Crippen LogP contribution in [0.4, 0.5) is 4.39 Å². The van der Waals surface area contributed by atoms with Crippen molar-refractivity contribution in [1.82, 2.24) is 10.3 Å². The van der Waals surface area contributed by atoms with E-state index in [2.05, 4.69) is 32.9 Å². The van der Waals surface area contributed by atoms with Crippen LogP contribution >= 0.6 is 22.6 Å². The van der Waals surface area contributed by atoms with Crippen molar-refractivity contribution in [1.29, 1.82) is 0 Å². The predicted molar refractivity (Wildman–Crippen MR) is 74.3 cm³/mol. The Morgan fingerprint density at radius 3 is 2.71 bits per heavy atom. The zero-order valence-electron chi connectivity index (χ0n) is 9.32. The first-order valence-electron chi connectivity index (χ1n) is 5.24. The Morgan fingerprint density at radius 2 is 2.06 bits per heavy atom. The second kappa shape index (κ2) is 5.55. The van der Waals surface area contributed by atoms with Gasteiger partial charge in [0, 0.05) is 9.77 Å². The molecule has 1 atom stereocenters. The summed E-state index contributed by atoms with van der Waals surface area (Å²) in [5, 5.41) is 3.19. The molecule has 88 valence electrons. The smallest absolute Gasteiger partial charge is 0.141 e. The number of halogens is 2. The van der Waals surface area contributed by atoms with Crippen molar-refractivity contribution < 1.29 is 4.39 Å². The normalized spacial score (nSPS) is 12.4. The Labute approximate surface area is 113 Å². The van der Waals surface area contributed by atoms with Crippen LogP contribution in [0, 0.1) is 9.39 Å². The van der Waals surface area contributed by atoms with Gasteiger partial charge >= 0.3 is 0 Å². The molecule has 0 saturated carbocycles. The van der Waals surface area contributed by atoms with Crippen molar-refractivity contribution in [3.05, 3.63) is 63.2 Å². The molecule has 2 nitrogen and oxygen atoms in total. The lowest BCUT2D eigenvalue weighted by molar-refractivity contribution is 0.608. The summed E-state index contributed by atoms with van der Waals surface area (Å²) in [6.07, 6.45) is 2.90. The minimum Gasteiger partial charge on any atom is -0.309 e. The highest BCUT2D eigenvalue weighted by Crippen LogP contribution is 2.25. The number of nitrogens with one attached hydrogen (secondary N) is 1. The molecule has 0 aliphatic carbocycles. The fourth-order valence-electron chi connectivity index (χ4n) is 1.80. The summed E-state index contributed by atoms with van der Waals surface area (Å²) in [6.45, 7) is 0. The number of rotatable bonds is 3. The van der Waals surface area contributed by atoms with E-state index in [4.69, 9.17) is 0 Å². The molecule has 1 N–H and O–H groups in total. The molecule has 1 aromatic heterocycles. The van der Waals surface area contributed by atoms with Crippen LogP contribution in [0.1, 0.15) is 17.2 Å². The highest BCUT2D eigenvalue weighted by atomic mass is 127. The van der Waals surface area contributed by atoms with E-state index < -0.39 is 0 Å². The maximum atomic E-state index is 13.2. The summed E-state index contributed by atoms with van der Waals surface area (Å²) in [4.78, 5) is 3.89. The Kier molecular flexibility index (Phi) is 4.06. The van der Waals surface area contributed by atoms with Gasteiger partial charge in [-0.3, -0.25) is 4.98 Å². The molecule has 4 heteroatoms. The monoisotopic (exact) mass is 342 g/mol. The molecule has 0 saturated heterocycles. The van der Waals surface area contributed by atoms with Gasteiger partial charge in [-0.15, -0.1) is 0 Å². The molecule has 0 aliphatic heterocycles. The van der Waals surface area contributed by atoms with Gasteiger partial charge in [-0.2, -0.15) is 0 Å². The molecule has 0 spiro atoms. The Balaban J connectivity index is 2.44. The number of hydrogen-bond donors (Lipinski definition) is 1. The van der Waals surface area contributed by atoms with E-state index in [-0.39, 0.29) is 11.9 Å². The maximum Gasteiger partial charge on any atom is 0.141 e. The zero-order chi connectivity index (χ0) is 12.3. The van der Waals surface area contributed by atoms with E-state index in [0.29, 0.717) is 0 Å². The van der Waals surface area contributed by atoms with Crippen LogP contribution in [0.15, 0.2) is 42.7 Å². The summed E-state index contributed by atoms with van der Waals surface area (Å²) in [5.41, 5.74) is 1.96. The SMILES string of the molecule is CNC(c1cncc(F)c1)c1ccccc1I. The third-order valence-electron chi connectivity index (χ3n) is 2.56. The summed E-state index contributed by atoms with van der Waals surface area (Å²) >= 11 is 2.28. The van der Waals surface area contributed by atoms with E-state index in [0.717, 1.165) is 14.7 Å². The molecule has 0 fully saturated rings. The van der Waals surface area contributed by atoms with Crippen molar-refractivity contribution in [3.63, 3.8) is 0 Å². The van der Waals surface area contributed by atoms with Crippen LogP contribution in [-0.4, -0.2) is 12.0 Å². The van der Waals surface area contributed by atoms with Gasteiger partial charge in [0.25, 0.3) is 0 Å². The maximum absolute atomic E-state index is 13.2. The third kappa shape index (κ3) is 2.81. The van der Waals surface area contributed by atoms with Gasteiger partial charge in [0.1, 0.15) is 5.82 Å². The molecule has 0 aliphatic rings. The first-order chi connectivity index (χ1) is 8.22. The van der Waals surface area contributed by atoms with E-state index in [1.54, 1.807) is 6.20 Å². The Hall–Kier alpha value is -1.01. The standard InChI is InChI=1S/C13H12FIN2/c1-16-13(9-6-10(14)8-17-7-9)11-4-2-3-5-12(11)15/h2-8,13,16H,1H3. The fourth-order valence-corrected chi connectivity index (χ4v) is 2.50. The molecule has 0 amide bonds. The molecule has 17 heavy (non-hydrogen) atoms. The van der Waals surface area contributed by atoms with Crippen LogP contribution < -0.4 is 5.32 Å². The molecule has 2 aromatic rings. The van der Waals surface area contributed by atoms with Gasteiger partial charge in [-0.05, 0) is 52.9 Å². The van der Waals surface area contributed by atoms with Crippen molar-refractivity contribution in [3.8, 4) is 0 Å². The lowest BCUT2D eigenvalue weighted by Gasteiger charge is -2.18. The van der Waals surface area contributed by atoms with Crippen LogP contribution in [0.2, 0.25) is 0 Å². The van der Waals surface area contributed by atoms with Crippen LogP contribution in [0.5, 0.6) is 0 Å². The Morgan fingerprint density at radius 1 is 1.29 bits per heavy atom. The zero-order valence-corrected chi connectivity index (χ0v) is 11.5. The van der Waals surface area contributed by atoms with Crippen LogP contribution in [-0.2, 0) is 0 Å². The fraction of sp³-hybridized carbons (Fsp3) is 0.154. The number of aromatic nitrogens is 1. The topological polar surface area (TPSA) is 24.9 Å². The van der Waals surface area contributed by atoms with Crippen LogP contribution in [0.3, 0.4) is 0 Å². The van der Waals surface area contributed by atoms with E-state index >= 15 is 0 Å². The van der Waals surface area contributed by atoms with Gasteiger partial charge in [0.15, 0.2) is 0 Å². The molecule has 0 radical (unpaired) electrons. The van der Waals surface area contributed by atoms with Gasteiger partial charge in [-0.1, -0.05) is 18.2 Å². The minimum absolute atomic E-state index is 0.0358. The molecule has 1 unspecified atom stereocenters. The summed E-state index contributed by atoms with van der Waals surface area (Å²) in [6, 6.07) is 9.51. The lowest BCUT2D eigenvalue weighted by atomic mass is 10.0. The average Bonchev–Trinajstić information content (AvgIpc) is 2.33. The molecule has 1 aromatic carbocycles. The highest BCUT2D eigenvalue weighted by molar-refractivity contribution is 14.1. The summed E-state index contributed by atoms with van der Waals surface area (Å²) in [7, 11) is 1.86. The van der Waals surface area contributed by atoms with E-state index in [1.807, 2.05) is 31.3 Å². The van der Waals surface area contributed by atoms with E-state index in [1.165, 1.54) is 12.3 Å². The second-order valence-electron chi connectivity index (χ2n) is 3.68. The predicted octanol–water partition coefficient (Wildman–Crippen LogP) is 3.13. The quantitative estimate of drug-likeness (QED) is 0.867. The lowest BCUT2D eigenvalue weighted by Crippen LogP contribution is -2.19. The molecule has 0 bridgehead atoms. The number of benzene rings is 1.